The average Bonchev–Trinajstić information content (AvgIpc) is 2.61. The zero-order valence-corrected chi connectivity index (χ0v) is 17.0. The van der Waals surface area contributed by atoms with Crippen LogP contribution >= 0.6 is 11.8 Å². The van der Waals surface area contributed by atoms with Crippen molar-refractivity contribution in [1.82, 2.24) is 0 Å². The smallest absolute Gasteiger partial charge is 0.338 e. The second-order valence-electron chi connectivity index (χ2n) is 6.60. The molecule has 1 amide bonds. The Balaban J connectivity index is 1.77. The quantitative estimate of drug-likeness (QED) is 0.480. The van der Waals surface area contributed by atoms with Crippen molar-refractivity contribution in [3.05, 3.63) is 64.7 Å². The standard InChI is InChI=1S/C22H27NO3S/c1-4-5-10-26-22(25)19-6-8-20(9-7-19)23-21(24)15-27-14-18-12-16(2)11-17(3)13-18/h6-9,11-13H,4-5,10,14-15H2,1-3H3,(H,23,24). The van der Waals surface area contributed by atoms with E-state index in [0.29, 0.717) is 23.6 Å². The van der Waals surface area contributed by atoms with Gasteiger partial charge in [-0.3, -0.25) is 4.79 Å². The molecular formula is C22H27NO3S. The van der Waals surface area contributed by atoms with Gasteiger partial charge in [-0.2, -0.15) is 0 Å². The number of anilines is 1. The zero-order chi connectivity index (χ0) is 19.6. The van der Waals surface area contributed by atoms with Gasteiger partial charge in [-0.1, -0.05) is 42.7 Å². The molecule has 2 rings (SSSR count). The van der Waals surface area contributed by atoms with Gasteiger partial charge in [0.2, 0.25) is 5.91 Å². The van der Waals surface area contributed by atoms with E-state index >= 15 is 0 Å². The van der Waals surface area contributed by atoms with Crippen molar-refractivity contribution in [3.63, 3.8) is 0 Å². The fourth-order valence-corrected chi connectivity index (χ4v) is 3.46. The van der Waals surface area contributed by atoms with Crippen LogP contribution in [0.4, 0.5) is 5.69 Å². The number of unbranched alkanes of at least 4 members (excludes halogenated alkanes) is 1. The highest BCUT2D eigenvalue weighted by molar-refractivity contribution is 7.99. The summed E-state index contributed by atoms with van der Waals surface area (Å²) in [6.07, 6.45) is 1.85. The number of ether oxygens (including phenoxy) is 1. The molecule has 5 heteroatoms. The molecule has 0 aliphatic heterocycles. The number of rotatable bonds is 9. The Hall–Kier alpha value is -2.27. The Morgan fingerprint density at radius 3 is 2.33 bits per heavy atom. The van der Waals surface area contributed by atoms with Crippen LogP contribution in [0.25, 0.3) is 0 Å². The predicted molar refractivity (Wildman–Crippen MR) is 112 cm³/mol. The summed E-state index contributed by atoms with van der Waals surface area (Å²) in [5.74, 6) is 0.805. The lowest BCUT2D eigenvalue weighted by molar-refractivity contribution is -0.113. The van der Waals surface area contributed by atoms with E-state index < -0.39 is 0 Å². The molecule has 0 atom stereocenters. The molecule has 27 heavy (non-hydrogen) atoms. The molecule has 2 aromatic rings. The molecule has 4 nitrogen and oxygen atoms in total. The van der Waals surface area contributed by atoms with E-state index in [1.54, 1.807) is 36.0 Å². The Morgan fingerprint density at radius 1 is 1.04 bits per heavy atom. The number of hydrogen-bond donors (Lipinski definition) is 1. The van der Waals surface area contributed by atoms with Gasteiger partial charge >= 0.3 is 5.97 Å². The summed E-state index contributed by atoms with van der Waals surface area (Å²) in [6.45, 7) is 6.64. The van der Waals surface area contributed by atoms with E-state index in [-0.39, 0.29) is 11.9 Å². The van der Waals surface area contributed by atoms with Gasteiger partial charge < -0.3 is 10.1 Å². The summed E-state index contributed by atoms with van der Waals surface area (Å²) in [4.78, 5) is 24.0. The third-order valence-electron chi connectivity index (χ3n) is 3.92. The Morgan fingerprint density at radius 2 is 1.70 bits per heavy atom. The van der Waals surface area contributed by atoms with Crippen molar-refractivity contribution in [2.24, 2.45) is 0 Å². The van der Waals surface area contributed by atoms with Crippen molar-refractivity contribution >= 4 is 29.3 Å². The maximum Gasteiger partial charge on any atom is 0.338 e. The molecule has 0 unspecified atom stereocenters. The first-order valence-electron chi connectivity index (χ1n) is 9.20. The number of carbonyl (C=O) groups excluding carboxylic acids is 2. The first-order chi connectivity index (χ1) is 13.0. The number of aryl methyl sites for hydroxylation is 2. The van der Waals surface area contributed by atoms with Crippen LogP contribution in [-0.4, -0.2) is 24.2 Å². The van der Waals surface area contributed by atoms with Gasteiger partial charge in [-0.15, -0.1) is 11.8 Å². The lowest BCUT2D eigenvalue weighted by Gasteiger charge is -2.08. The highest BCUT2D eigenvalue weighted by Crippen LogP contribution is 2.17. The third kappa shape index (κ3) is 7.47. The predicted octanol–water partition coefficient (Wildman–Crippen LogP) is 5.13. The molecular weight excluding hydrogens is 358 g/mol. The monoisotopic (exact) mass is 385 g/mol. The van der Waals surface area contributed by atoms with Crippen LogP contribution in [0.5, 0.6) is 0 Å². The van der Waals surface area contributed by atoms with Gasteiger partial charge in [0, 0.05) is 11.4 Å². The fourth-order valence-electron chi connectivity index (χ4n) is 2.69. The van der Waals surface area contributed by atoms with E-state index in [0.717, 1.165) is 18.6 Å². The van der Waals surface area contributed by atoms with Crippen LogP contribution in [-0.2, 0) is 15.3 Å². The van der Waals surface area contributed by atoms with E-state index in [9.17, 15) is 9.59 Å². The lowest BCUT2D eigenvalue weighted by Crippen LogP contribution is -2.14. The summed E-state index contributed by atoms with van der Waals surface area (Å²) in [5, 5.41) is 2.86. The van der Waals surface area contributed by atoms with Gasteiger partial charge in [-0.25, -0.2) is 4.79 Å². The topological polar surface area (TPSA) is 55.4 Å². The zero-order valence-electron chi connectivity index (χ0n) is 16.2. The molecule has 0 bridgehead atoms. The van der Waals surface area contributed by atoms with Crippen molar-refractivity contribution < 1.29 is 14.3 Å². The molecule has 1 N–H and O–H groups in total. The first-order valence-corrected chi connectivity index (χ1v) is 10.4. The van der Waals surface area contributed by atoms with Gasteiger partial charge in [0.05, 0.1) is 17.9 Å². The highest BCUT2D eigenvalue weighted by Gasteiger charge is 2.08. The molecule has 144 valence electrons. The number of carbonyl (C=O) groups is 2. The second-order valence-corrected chi connectivity index (χ2v) is 7.59. The molecule has 0 saturated carbocycles. The Bertz CT molecular complexity index is 751. The maximum absolute atomic E-state index is 12.1. The minimum atomic E-state index is -0.328. The van der Waals surface area contributed by atoms with E-state index in [2.05, 4.69) is 37.4 Å². The van der Waals surface area contributed by atoms with Crippen molar-refractivity contribution in [1.29, 1.82) is 0 Å². The number of amides is 1. The lowest BCUT2D eigenvalue weighted by atomic mass is 10.1. The molecule has 0 saturated heterocycles. The number of thioether (sulfide) groups is 1. The molecule has 0 fully saturated rings. The summed E-state index contributed by atoms with van der Waals surface area (Å²) >= 11 is 1.58. The Labute approximate surface area is 165 Å². The van der Waals surface area contributed by atoms with Crippen LogP contribution in [0.3, 0.4) is 0 Å². The summed E-state index contributed by atoms with van der Waals surface area (Å²) in [5.41, 5.74) is 4.88. The summed E-state index contributed by atoms with van der Waals surface area (Å²) < 4.78 is 5.17. The minimum absolute atomic E-state index is 0.0531. The second kappa shape index (κ2) is 10.8. The SMILES string of the molecule is CCCCOC(=O)c1ccc(NC(=O)CSCc2cc(C)cc(C)c2)cc1. The van der Waals surface area contributed by atoms with Crippen molar-refractivity contribution in [2.75, 3.05) is 17.7 Å². The normalized spacial score (nSPS) is 10.5. The average molecular weight is 386 g/mol. The van der Waals surface area contributed by atoms with E-state index in [1.165, 1.54) is 16.7 Å². The summed E-state index contributed by atoms with van der Waals surface area (Å²) in [6, 6.07) is 13.2. The van der Waals surface area contributed by atoms with Crippen molar-refractivity contribution in [3.8, 4) is 0 Å². The van der Waals surface area contributed by atoms with Crippen LogP contribution in [0, 0.1) is 13.8 Å². The fraction of sp³-hybridized carbons (Fsp3) is 0.364. The minimum Gasteiger partial charge on any atom is -0.462 e. The molecule has 0 aliphatic carbocycles. The molecule has 0 spiro atoms. The number of hydrogen-bond acceptors (Lipinski definition) is 4. The van der Waals surface area contributed by atoms with Gasteiger partial charge in [0.15, 0.2) is 0 Å². The van der Waals surface area contributed by atoms with E-state index in [4.69, 9.17) is 4.74 Å². The molecule has 0 aromatic heterocycles. The molecule has 0 heterocycles. The van der Waals surface area contributed by atoms with Crippen molar-refractivity contribution in [2.45, 2.75) is 39.4 Å². The highest BCUT2D eigenvalue weighted by atomic mass is 32.2. The first kappa shape index (κ1) is 21.0. The molecule has 0 radical (unpaired) electrons. The van der Waals surface area contributed by atoms with Crippen LogP contribution in [0.1, 0.15) is 46.8 Å². The summed E-state index contributed by atoms with van der Waals surface area (Å²) in [7, 11) is 0. The maximum atomic E-state index is 12.1. The molecule has 0 aliphatic rings. The Kier molecular flexibility index (Phi) is 8.40. The van der Waals surface area contributed by atoms with Gasteiger partial charge in [-0.05, 0) is 50.1 Å². The largest absolute Gasteiger partial charge is 0.462 e. The third-order valence-corrected chi connectivity index (χ3v) is 4.92. The number of nitrogens with one attached hydrogen (secondary N) is 1. The van der Waals surface area contributed by atoms with E-state index in [1.807, 2.05) is 6.92 Å². The number of esters is 1. The van der Waals surface area contributed by atoms with Crippen LogP contribution < -0.4 is 5.32 Å². The van der Waals surface area contributed by atoms with Crippen LogP contribution in [0.2, 0.25) is 0 Å². The van der Waals surface area contributed by atoms with Crippen LogP contribution in [0.15, 0.2) is 42.5 Å². The molecule has 2 aromatic carbocycles. The number of benzene rings is 2. The van der Waals surface area contributed by atoms with Gasteiger partial charge in [0.1, 0.15) is 0 Å². The van der Waals surface area contributed by atoms with Gasteiger partial charge in [0.25, 0.3) is 0 Å².